The van der Waals surface area contributed by atoms with Crippen LogP contribution in [0.1, 0.15) is 30.2 Å². The number of furan rings is 1. The van der Waals surface area contributed by atoms with Crippen LogP contribution in [0.5, 0.6) is 0 Å². The summed E-state index contributed by atoms with van der Waals surface area (Å²) in [5.74, 6) is 1.64. The van der Waals surface area contributed by atoms with Crippen molar-refractivity contribution in [3.63, 3.8) is 0 Å². The van der Waals surface area contributed by atoms with Crippen molar-refractivity contribution in [3.8, 4) is 0 Å². The smallest absolute Gasteiger partial charge is 0.253 e. The summed E-state index contributed by atoms with van der Waals surface area (Å²) in [7, 11) is 0. The summed E-state index contributed by atoms with van der Waals surface area (Å²) in [5, 5.41) is 3.32. The summed E-state index contributed by atoms with van der Waals surface area (Å²) in [6.45, 7) is 7.00. The Bertz CT molecular complexity index is 587. The van der Waals surface area contributed by atoms with Gasteiger partial charge >= 0.3 is 0 Å². The summed E-state index contributed by atoms with van der Waals surface area (Å²) < 4.78 is 6.99. The minimum atomic E-state index is -0.00236. The molecule has 19 heavy (non-hydrogen) atoms. The van der Waals surface area contributed by atoms with E-state index >= 15 is 0 Å². The minimum absolute atomic E-state index is 0.00236. The lowest BCUT2D eigenvalue weighted by Crippen LogP contribution is -2.30. The van der Waals surface area contributed by atoms with Gasteiger partial charge < -0.3 is 9.73 Å². The number of nitrogens with one attached hydrogen (secondary N) is 1. The van der Waals surface area contributed by atoms with E-state index in [1.54, 1.807) is 16.9 Å². The summed E-state index contributed by atoms with van der Waals surface area (Å²) in [6, 6.07) is 5.49. The van der Waals surface area contributed by atoms with Crippen molar-refractivity contribution >= 4 is 0 Å². The fourth-order valence-corrected chi connectivity index (χ4v) is 2.07. The third kappa shape index (κ3) is 3.32. The van der Waals surface area contributed by atoms with Crippen molar-refractivity contribution in [1.82, 2.24) is 14.9 Å². The fourth-order valence-electron chi connectivity index (χ4n) is 2.07. The molecule has 1 unspecified atom stereocenters. The van der Waals surface area contributed by atoms with Gasteiger partial charge in [0.2, 0.25) is 0 Å². The van der Waals surface area contributed by atoms with Gasteiger partial charge in [-0.15, -0.1) is 0 Å². The molecule has 0 saturated heterocycles. The predicted molar refractivity (Wildman–Crippen MR) is 73.1 cm³/mol. The zero-order valence-electron chi connectivity index (χ0n) is 11.5. The average molecular weight is 261 g/mol. The van der Waals surface area contributed by atoms with Crippen LogP contribution in [-0.4, -0.2) is 16.1 Å². The third-order valence-corrected chi connectivity index (χ3v) is 3.08. The van der Waals surface area contributed by atoms with Crippen LogP contribution in [0.2, 0.25) is 0 Å². The molecule has 0 fully saturated rings. The van der Waals surface area contributed by atoms with Gasteiger partial charge in [-0.3, -0.25) is 9.36 Å². The molecule has 0 amide bonds. The standard InChI is InChI=1S/C14H19N3O2/c1-10-9-14(18)17(12(3)16-10)7-6-15-11(2)13-5-4-8-19-13/h4-5,8-9,11,15H,6-7H2,1-3H3. The van der Waals surface area contributed by atoms with Gasteiger partial charge in [-0.05, 0) is 32.9 Å². The number of nitrogens with zero attached hydrogens (tertiary/aromatic N) is 2. The molecule has 0 saturated carbocycles. The first kappa shape index (κ1) is 13.5. The highest BCUT2D eigenvalue weighted by Gasteiger charge is 2.08. The fraction of sp³-hybridized carbons (Fsp3) is 0.429. The van der Waals surface area contributed by atoms with Crippen molar-refractivity contribution in [2.45, 2.75) is 33.4 Å². The van der Waals surface area contributed by atoms with Crippen LogP contribution >= 0.6 is 0 Å². The lowest BCUT2D eigenvalue weighted by Gasteiger charge is -2.13. The third-order valence-electron chi connectivity index (χ3n) is 3.08. The second kappa shape index (κ2) is 5.84. The van der Waals surface area contributed by atoms with Crippen LogP contribution < -0.4 is 10.9 Å². The Morgan fingerprint density at radius 2 is 2.26 bits per heavy atom. The van der Waals surface area contributed by atoms with Crippen LogP contribution in [0.3, 0.4) is 0 Å². The van der Waals surface area contributed by atoms with Crippen LogP contribution in [0.4, 0.5) is 0 Å². The lowest BCUT2D eigenvalue weighted by atomic mass is 10.2. The Balaban J connectivity index is 1.95. The zero-order chi connectivity index (χ0) is 13.8. The second-order valence-electron chi connectivity index (χ2n) is 4.63. The molecule has 1 N–H and O–H groups in total. The highest BCUT2D eigenvalue weighted by atomic mass is 16.3. The van der Waals surface area contributed by atoms with Gasteiger partial charge in [-0.25, -0.2) is 4.98 Å². The van der Waals surface area contributed by atoms with Crippen molar-refractivity contribution in [3.05, 3.63) is 52.1 Å². The van der Waals surface area contributed by atoms with Gasteiger partial charge in [0, 0.05) is 24.8 Å². The molecule has 0 aromatic carbocycles. The molecule has 1 atom stereocenters. The first-order valence-corrected chi connectivity index (χ1v) is 6.40. The maximum Gasteiger partial charge on any atom is 0.253 e. The van der Waals surface area contributed by atoms with Gasteiger partial charge in [-0.1, -0.05) is 0 Å². The molecule has 0 aliphatic heterocycles. The number of aryl methyl sites for hydroxylation is 2. The van der Waals surface area contributed by atoms with Gasteiger partial charge in [0.1, 0.15) is 11.6 Å². The summed E-state index contributed by atoms with van der Waals surface area (Å²) in [4.78, 5) is 16.1. The van der Waals surface area contributed by atoms with Gasteiger partial charge in [0.25, 0.3) is 5.56 Å². The van der Waals surface area contributed by atoms with E-state index in [9.17, 15) is 4.79 Å². The molecule has 102 valence electrons. The van der Waals surface area contributed by atoms with E-state index in [0.717, 1.165) is 17.3 Å². The Morgan fingerprint density at radius 3 is 2.89 bits per heavy atom. The Kier molecular flexibility index (Phi) is 4.16. The van der Waals surface area contributed by atoms with E-state index in [1.165, 1.54) is 0 Å². The molecule has 0 bridgehead atoms. The monoisotopic (exact) mass is 261 g/mol. The molecule has 0 radical (unpaired) electrons. The molecular formula is C14H19N3O2. The number of hydrogen-bond acceptors (Lipinski definition) is 4. The van der Waals surface area contributed by atoms with E-state index in [0.29, 0.717) is 13.1 Å². The molecule has 2 aromatic rings. The van der Waals surface area contributed by atoms with Crippen LogP contribution in [-0.2, 0) is 6.54 Å². The summed E-state index contributed by atoms with van der Waals surface area (Å²) >= 11 is 0. The van der Waals surface area contributed by atoms with E-state index in [2.05, 4.69) is 10.3 Å². The van der Waals surface area contributed by atoms with Gasteiger partial charge in [-0.2, -0.15) is 0 Å². The van der Waals surface area contributed by atoms with Crippen LogP contribution in [0.15, 0.2) is 33.7 Å². The number of hydrogen-bond donors (Lipinski definition) is 1. The molecular weight excluding hydrogens is 242 g/mol. The van der Waals surface area contributed by atoms with Gasteiger partial charge in [0.15, 0.2) is 0 Å². The van der Waals surface area contributed by atoms with Gasteiger partial charge in [0.05, 0.1) is 12.3 Å². The highest BCUT2D eigenvalue weighted by molar-refractivity contribution is 5.03. The first-order valence-electron chi connectivity index (χ1n) is 6.40. The van der Waals surface area contributed by atoms with Crippen LogP contribution in [0, 0.1) is 13.8 Å². The lowest BCUT2D eigenvalue weighted by molar-refractivity contribution is 0.420. The SMILES string of the molecule is Cc1cc(=O)n(CCNC(C)c2ccco2)c(C)n1. The van der Waals surface area contributed by atoms with E-state index in [1.807, 2.05) is 32.9 Å². The maximum absolute atomic E-state index is 11.8. The Labute approximate surface area is 112 Å². The van der Waals surface area contributed by atoms with Crippen molar-refractivity contribution in [2.75, 3.05) is 6.54 Å². The van der Waals surface area contributed by atoms with E-state index in [4.69, 9.17) is 4.42 Å². The zero-order valence-corrected chi connectivity index (χ0v) is 11.5. The predicted octanol–water partition coefficient (Wildman–Crippen LogP) is 1.80. The molecule has 0 aliphatic carbocycles. The summed E-state index contributed by atoms with van der Waals surface area (Å²) in [5.41, 5.74) is 0.758. The van der Waals surface area contributed by atoms with E-state index in [-0.39, 0.29) is 11.6 Å². The average Bonchev–Trinajstić information content (AvgIpc) is 2.85. The molecule has 5 nitrogen and oxygen atoms in total. The normalized spacial score (nSPS) is 12.6. The molecule has 2 aromatic heterocycles. The number of aromatic nitrogens is 2. The van der Waals surface area contributed by atoms with Crippen molar-refractivity contribution in [1.29, 1.82) is 0 Å². The van der Waals surface area contributed by atoms with Crippen molar-refractivity contribution < 1.29 is 4.42 Å². The number of rotatable bonds is 5. The Morgan fingerprint density at radius 1 is 1.47 bits per heavy atom. The van der Waals surface area contributed by atoms with Crippen LogP contribution in [0.25, 0.3) is 0 Å². The second-order valence-corrected chi connectivity index (χ2v) is 4.63. The molecule has 2 rings (SSSR count). The highest BCUT2D eigenvalue weighted by Crippen LogP contribution is 2.11. The van der Waals surface area contributed by atoms with Crippen molar-refractivity contribution in [2.24, 2.45) is 0 Å². The minimum Gasteiger partial charge on any atom is -0.468 e. The topological polar surface area (TPSA) is 60.1 Å². The quantitative estimate of drug-likeness (QED) is 0.891. The molecule has 5 heteroatoms. The molecule has 0 spiro atoms. The maximum atomic E-state index is 11.8. The first-order chi connectivity index (χ1) is 9.08. The summed E-state index contributed by atoms with van der Waals surface area (Å²) in [6.07, 6.45) is 1.66. The van der Waals surface area contributed by atoms with E-state index < -0.39 is 0 Å². The molecule has 0 aliphatic rings. The molecule has 2 heterocycles. The largest absolute Gasteiger partial charge is 0.468 e. The Hall–Kier alpha value is -1.88.